The molecule has 46 heavy (non-hydrogen) atoms. The first kappa shape index (κ1) is 59.8. The van der Waals surface area contributed by atoms with Crippen molar-refractivity contribution in [3.8, 4) is 0 Å². The van der Waals surface area contributed by atoms with Crippen molar-refractivity contribution in [3.63, 3.8) is 0 Å². The maximum absolute atomic E-state index is 11.4. The average molecular weight is 758 g/mol. The fourth-order valence-corrected chi connectivity index (χ4v) is 3.43. The quantitative estimate of drug-likeness (QED) is 0.0706. The van der Waals surface area contributed by atoms with Gasteiger partial charge in [-0.1, -0.05) is 40.0 Å². The first-order valence-electron chi connectivity index (χ1n) is 14.6. The van der Waals surface area contributed by atoms with E-state index in [0.29, 0.717) is 32.7 Å². The van der Waals surface area contributed by atoms with Crippen molar-refractivity contribution in [1.29, 1.82) is 1.28 Å². The van der Waals surface area contributed by atoms with Crippen molar-refractivity contribution in [3.05, 3.63) is 14.9 Å². The monoisotopic (exact) mass is 757 g/mol. The minimum atomic E-state index is -1.05. The van der Waals surface area contributed by atoms with Crippen molar-refractivity contribution in [2.45, 2.75) is 73.1 Å². The van der Waals surface area contributed by atoms with Crippen molar-refractivity contribution in [1.82, 2.24) is 15.1 Å². The molecule has 0 saturated carbocycles. The van der Waals surface area contributed by atoms with Crippen LogP contribution in [0.1, 0.15) is 73.1 Å². The minimum absolute atomic E-state index is 0. The summed E-state index contributed by atoms with van der Waals surface area (Å²) in [6.45, 7) is 11.8. The van der Waals surface area contributed by atoms with Crippen molar-refractivity contribution in [2.75, 3.05) is 54.0 Å². The predicted molar refractivity (Wildman–Crippen MR) is 177 cm³/mol. The summed E-state index contributed by atoms with van der Waals surface area (Å²) >= 11 is 0. The van der Waals surface area contributed by atoms with Crippen molar-refractivity contribution in [2.24, 2.45) is 17.8 Å². The van der Waals surface area contributed by atoms with Crippen LogP contribution in [0.4, 0.5) is 4.79 Å². The summed E-state index contributed by atoms with van der Waals surface area (Å²) in [6, 6.07) is 0. The Balaban J connectivity index is -0.0000000727. The molecule has 2 radical (unpaired) electrons. The second-order valence-electron chi connectivity index (χ2n) is 9.11. The Kier molecular flexibility index (Phi) is 59.1. The summed E-state index contributed by atoms with van der Waals surface area (Å²) in [6.07, 6.45) is 8.32. The zero-order chi connectivity index (χ0) is 34.2. The van der Waals surface area contributed by atoms with Gasteiger partial charge in [-0.25, -0.2) is 4.79 Å². The molecule has 0 aliphatic rings. The molecule has 270 valence electrons. The molecule has 0 aromatic rings. The van der Waals surface area contributed by atoms with Crippen LogP contribution in [0, 0.1) is 32.6 Å². The van der Waals surface area contributed by atoms with E-state index in [4.69, 9.17) is 21.0 Å². The van der Waals surface area contributed by atoms with Gasteiger partial charge in [0.2, 0.25) is 0 Å². The maximum Gasteiger partial charge on any atom is 2.00 e. The number of hydrogen-bond donors (Lipinski definition) is 3. The van der Waals surface area contributed by atoms with Gasteiger partial charge in [0, 0.05) is 19.6 Å². The van der Waals surface area contributed by atoms with E-state index in [2.05, 4.69) is 12.2 Å². The Morgan fingerprint density at radius 1 is 0.761 bits per heavy atom. The Bertz CT molecular complexity index is 757. The first-order chi connectivity index (χ1) is 20.3. The summed E-state index contributed by atoms with van der Waals surface area (Å²) < 4.78 is 15.9. The van der Waals surface area contributed by atoms with Crippen LogP contribution in [0.15, 0.2) is 0 Å². The van der Waals surface area contributed by atoms with Gasteiger partial charge in [0.1, 0.15) is 0 Å². The molecule has 13 nitrogen and oxygen atoms in total. The molecule has 0 aromatic carbocycles. The summed E-state index contributed by atoms with van der Waals surface area (Å²) in [4.78, 5) is 65.4. The molecule has 0 rings (SSSR count). The Morgan fingerprint density at radius 3 is 1.37 bits per heavy atom. The van der Waals surface area contributed by atoms with Gasteiger partial charge in [0.25, 0.3) is 0 Å². The van der Waals surface area contributed by atoms with E-state index in [-0.39, 0.29) is 82.3 Å². The molecule has 2 amide bonds. The number of carboxylic acid groups (broad SMARTS) is 2. The van der Waals surface area contributed by atoms with Crippen LogP contribution in [-0.2, 0) is 70.6 Å². The predicted octanol–water partition coefficient (Wildman–Crippen LogP) is 4.07. The summed E-state index contributed by atoms with van der Waals surface area (Å²) in [5.41, 5.74) is -1.05. The van der Waals surface area contributed by atoms with E-state index in [1.165, 1.54) is 16.8 Å². The number of carbonyl (C=O) groups is 4. The maximum atomic E-state index is 11.4. The Labute approximate surface area is 306 Å². The van der Waals surface area contributed by atoms with Crippen LogP contribution < -0.4 is 5.32 Å². The molecule has 0 aliphatic heterocycles. The largest absolute Gasteiger partial charge is 2.00 e. The van der Waals surface area contributed by atoms with E-state index in [9.17, 15) is 28.8 Å². The second-order valence-corrected chi connectivity index (χ2v) is 9.53. The third-order valence-electron chi connectivity index (χ3n) is 5.25. The third-order valence-corrected chi connectivity index (χ3v) is 5.25. The molecule has 4 unspecified atom stereocenters. The standard InChI is InChI=1S/C10H18NO3.C9H19NO2.C8H14NO3.CH3O2P.2CH3.2V/c1-4-6-9(7-11(3)8-12)10(13)14-5-2;1-4-6-8(7-10-3)9(11)12-5-2;1-3-4-7(8(11)12)5-9(2)6-10;2-1(3)4;;;;/h9H,4-7H2,1-3H3;8,10H,4-7H2,1-3H3;7H,3-5H2,1-2H3,(H,11,12);4H2,(H,2,3);2*1H3;;/q-1;;-1;;2*-1;2*+2/i;;;4T;;;;. The second kappa shape index (κ2) is 45.5. The topological polar surface area (TPSA) is 180 Å². The normalized spacial score (nSPS) is 11.2. The van der Waals surface area contributed by atoms with E-state index < -0.39 is 26.8 Å². The average Bonchev–Trinajstić information content (AvgIpc) is 2.97. The molecular weight excluding hydrogens is 695 g/mol. The SMILES string of the molecule is CCCC(CN(C)[C-]=O)C(=O)O.CCCC(CN(C)[C-]=O)C(=O)OCC.CCCC(CNC)C(=O)OCC.[3H]PC(=O)O.[CH3-].[CH3-].[V+2].[V+2]. The van der Waals surface area contributed by atoms with Crippen LogP contribution in [0.2, 0.25) is 0 Å². The summed E-state index contributed by atoms with van der Waals surface area (Å²) in [7, 11) is 4.26. The molecule has 0 heterocycles. The number of nitrogens with one attached hydrogen (secondary N) is 1. The van der Waals surface area contributed by atoms with Gasteiger partial charge in [0.15, 0.2) is 0 Å². The Morgan fingerprint density at radius 2 is 1.09 bits per heavy atom. The molecule has 0 fully saturated rings. The molecule has 0 saturated heterocycles. The fourth-order valence-electron chi connectivity index (χ4n) is 3.43. The van der Waals surface area contributed by atoms with Gasteiger partial charge >= 0.3 is 60.7 Å². The van der Waals surface area contributed by atoms with Crippen LogP contribution in [0.3, 0.4) is 0 Å². The number of aliphatic carboxylic acids is 1. The first-order valence-corrected chi connectivity index (χ1v) is 14.6. The number of rotatable bonds is 20. The van der Waals surface area contributed by atoms with E-state index in [1.807, 2.05) is 27.8 Å². The van der Waals surface area contributed by atoms with Gasteiger partial charge in [-0.2, -0.15) is 12.8 Å². The van der Waals surface area contributed by atoms with Crippen molar-refractivity contribution < 1.29 is 85.6 Å². The van der Waals surface area contributed by atoms with Gasteiger partial charge in [-0.3, -0.25) is 14.4 Å². The summed E-state index contributed by atoms with van der Waals surface area (Å²) in [5.74, 6) is -1.79. The number of carboxylic acids is 1. The molecule has 4 atom stereocenters. The zero-order valence-electron chi connectivity index (χ0n) is 30.5. The van der Waals surface area contributed by atoms with Gasteiger partial charge in [-0.15, -0.1) is 0 Å². The number of carbonyl (C=O) groups excluding carboxylic acids is 4. The number of nitrogens with zero attached hydrogens (tertiary/aromatic N) is 2. The van der Waals surface area contributed by atoms with E-state index >= 15 is 0 Å². The van der Waals surface area contributed by atoms with Crippen molar-refractivity contribution >= 4 is 45.6 Å². The number of esters is 2. The van der Waals surface area contributed by atoms with Gasteiger partial charge < -0.3 is 59.2 Å². The molecular formula is C30H60N3O10PV2. The van der Waals surface area contributed by atoms with E-state index in [0.717, 1.165) is 32.1 Å². The molecule has 0 spiro atoms. The fraction of sp³-hybridized carbons (Fsp3) is 0.733. The van der Waals surface area contributed by atoms with Crippen LogP contribution in [0.5, 0.6) is 0 Å². The molecule has 16 heteroatoms. The van der Waals surface area contributed by atoms with Crippen LogP contribution in [0.25, 0.3) is 0 Å². The molecule has 0 bridgehead atoms. The van der Waals surface area contributed by atoms with Crippen LogP contribution in [-0.4, -0.2) is 112 Å². The minimum Gasteiger partial charge on any atom is -0.520 e. The number of ether oxygens (including phenoxy) is 2. The number of amides is 2. The van der Waals surface area contributed by atoms with Gasteiger partial charge in [-0.05, 0) is 63.4 Å². The van der Waals surface area contributed by atoms with Crippen LogP contribution >= 0.6 is 9.18 Å². The molecule has 0 aromatic heterocycles. The Hall–Kier alpha value is -1.62. The third kappa shape index (κ3) is 44.5. The molecule has 0 aliphatic carbocycles. The zero-order valence-corrected chi connectivity index (χ0v) is 33.3. The smallest absolute Gasteiger partial charge is 0.520 e. The van der Waals surface area contributed by atoms with E-state index in [1.54, 1.807) is 26.8 Å². The molecule has 3 N–H and O–H groups in total. The van der Waals surface area contributed by atoms with Gasteiger partial charge in [0.05, 0.1) is 32.2 Å². The number of hydrogen-bond acceptors (Lipinski definition) is 9. The summed E-state index contributed by atoms with van der Waals surface area (Å²) in [5, 5.41) is 19.2.